The van der Waals surface area contributed by atoms with Crippen molar-refractivity contribution in [3.63, 3.8) is 0 Å². The van der Waals surface area contributed by atoms with E-state index >= 15 is 0 Å². The van der Waals surface area contributed by atoms with Gasteiger partial charge in [-0.1, -0.05) is 6.08 Å². The minimum absolute atomic E-state index is 0.278. The molecule has 0 aliphatic carbocycles. The monoisotopic (exact) mass is 184 g/mol. The Morgan fingerprint density at radius 1 is 1.54 bits per heavy atom. The zero-order valence-electron chi connectivity index (χ0n) is 8.46. The number of rotatable bonds is 5. The Morgan fingerprint density at radius 2 is 2.23 bits per heavy atom. The van der Waals surface area contributed by atoms with Crippen molar-refractivity contribution in [2.75, 3.05) is 33.3 Å². The van der Waals surface area contributed by atoms with Gasteiger partial charge in [0.2, 0.25) is 0 Å². The summed E-state index contributed by atoms with van der Waals surface area (Å²) in [5.41, 5.74) is 0. The molecule has 0 spiro atoms. The highest BCUT2D eigenvalue weighted by atomic mass is 16.5. The van der Waals surface area contributed by atoms with Gasteiger partial charge in [-0.05, 0) is 12.8 Å². The number of hydrogen-bond donors (Lipinski definition) is 1. The lowest BCUT2D eigenvalue weighted by Crippen LogP contribution is -2.49. The topological polar surface area (TPSA) is 24.5 Å². The Bertz CT molecular complexity index is 144. The van der Waals surface area contributed by atoms with Crippen molar-refractivity contribution >= 4 is 0 Å². The van der Waals surface area contributed by atoms with Crippen molar-refractivity contribution in [1.82, 2.24) is 10.2 Å². The minimum Gasteiger partial charge on any atom is -0.366 e. The maximum atomic E-state index is 5.44. The van der Waals surface area contributed by atoms with E-state index in [9.17, 15) is 0 Å². The molecule has 0 aromatic carbocycles. The molecule has 13 heavy (non-hydrogen) atoms. The zero-order valence-corrected chi connectivity index (χ0v) is 8.46. The lowest BCUT2D eigenvalue weighted by Gasteiger charge is -2.33. The Hall–Kier alpha value is -0.380. The van der Waals surface area contributed by atoms with Crippen molar-refractivity contribution in [2.45, 2.75) is 19.1 Å². The van der Waals surface area contributed by atoms with E-state index in [-0.39, 0.29) is 6.23 Å². The third-order valence-corrected chi connectivity index (χ3v) is 2.45. The quantitative estimate of drug-likeness (QED) is 0.641. The highest BCUT2D eigenvalue weighted by molar-refractivity contribution is 4.74. The van der Waals surface area contributed by atoms with Crippen molar-refractivity contribution < 1.29 is 4.74 Å². The highest BCUT2D eigenvalue weighted by Gasteiger charge is 2.18. The molecule has 76 valence electrons. The van der Waals surface area contributed by atoms with E-state index in [1.807, 2.05) is 6.08 Å². The van der Waals surface area contributed by atoms with Crippen LogP contribution >= 0.6 is 0 Å². The van der Waals surface area contributed by atoms with Crippen molar-refractivity contribution in [1.29, 1.82) is 0 Å². The third-order valence-electron chi connectivity index (χ3n) is 2.45. The molecule has 1 saturated heterocycles. The predicted molar refractivity (Wildman–Crippen MR) is 54.7 cm³/mol. The van der Waals surface area contributed by atoms with Crippen LogP contribution in [0.4, 0.5) is 0 Å². The second kappa shape index (κ2) is 6.13. The molecule has 1 N–H and O–H groups in total. The molecule has 0 aromatic heterocycles. The van der Waals surface area contributed by atoms with Gasteiger partial charge in [0.05, 0.1) is 0 Å². The summed E-state index contributed by atoms with van der Waals surface area (Å²) in [6, 6.07) is 0. The Kier molecular flexibility index (Phi) is 5.05. The van der Waals surface area contributed by atoms with Crippen molar-refractivity contribution in [2.24, 2.45) is 0 Å². The summed E-state index contributed by atoms with van der Waals surface area (Å²) in [6.07, 6.45) is 4.32. The van der Waals surface area contributed by atoms with Gasteiger partial charge in [-0.15, -0.1) is 6.58 Å². The molecule has 0 aromatic rings. The van der Waals surface area contributed by atoms with E-state index < -0.39 is 0 Å². The normalized spacial score (nSPS) is 21.3. The molecule has 1 rings (SSSR count). The summed E-state index contributed by atoms with van der Waals surface area (Å²) in [5, 5.41) is 3.33. The fourth-order valence-electron chi connectivity index (χ4n) is 1.68. The van der Waals surface area contributed by atoms with Crippen LogP contribution in [0.25, 0.3) is 0 Å². The third kappa shape index (κ3) is 3.46. The fourth-order valence-corrected chi connectivity index (χ4v) is 1.68. The fraction of sp³-hybridized carbons (Fsp3) is 0.800. The van der Waals surface area contributed by atoms with E-state index in [1.54, 1.807) is 7.11 Å². The molecule has 0 amide bonds. The van der Waals surface area contributed by atoms with Gasteiger partial charge in [0.15, 0.2) is 0 Å². The van der Waals surface area contributed by atoms with Crippen LogP contribution in [0.15, 0.2) is 12.7 Å². The summed E-state index contributed by atoms with van der Waals surface area (Å²) in [7, 11) is 1.79. The molecular formula is C10H20N2O. The van der Waals surface area contributed by atoms with E-state index in [0.717, 1.165) is 39.0 Å². The van der Waals surface area contributed by atoms with Gasteiger partial charge in [0, 0.05) is 33.3 Å². The van der Waals surface area contributed by atoms with Gasteiger partial charge in [0.1, 0.15) is 6.23 Å². The lowest BCUT2D eigenvalue weighted by molar-refractivity contribution is -0.0419. The average Bonchev–Trinajstić information content (AvgIpc) is 2.21. The van der Waals surface area contributed by atoms with Gasteiger partial charge < -0.3 is 10.1 Å². The Morgan fingerprint density at radius 3 is 2.77 bits per heavy atom. The van der Waals surface area contributed by atoms with E-state index in [0.29, 0.717) is 0 Å². The molecule has 1 unspecified atom stereocenters. The smallest absolute Gasteiger partial charge is 0.110 e. The standard InChI is InChI=1S/C10H20N2O/c1-3-4-5-10(13-2)12-8-6-11-7-9-12/h3,10-11H,1,4-9H2,2H3. The van der Waals surface area contributed by atoms with Crippen LogP contribution in [0.2, 0.25) is 0 Å². The first-order chi connectivity index (χ1) is 6.38. The molecule has 1 atom stereocenters. The molecule has 1 fully saturated rings. The Balaban J connectivity index is 2.29. The maximum absolute atomic E-state index is 5.44. The van der Waals surface area contributed by atoms with Crippen LogP contribution in [0.3, 0.4) is 0 Å². The molecule has 3 heteroatoms. The molecule has 0 bridgehead atoms. The maximum Gasteiger partial charge on any atom is 0.110 e. The number of piperazine rings is 1. The summed E-state index contributed by atoms with van der Waals surface area (Å²) >= 11 is 0. The van der Waals surface area contributed by atoms with E-state index in [4.69, 9.17) is 4.74 Å². The zero-order chi connectivity index (χ0) is 9.52. The van der Waals surface area contributed by atoms with E-state index in [2.05, 4.69) is 16.8 Å². The van der Waals surface area contributed by atoms with Crippen molar-refractivity contribution in [3.05, 3.63) is 12.7 Å². The number of nitrogens with zero attached hydrogens (tertiary/aromatic N) is 1. The van der Waals surface area contributed by atoms with Crippen LogP contribution in [0, 0.1) is 0 Å². The van der Waals surface area contributed by atoms with Gasteiger partial charge in [-0.25, -0.2) is 0 Å². The molecule has 1 aliphatic heterocycles. The van der Waals surface area contributed by atoms with Crippen LogP contribution in [-0.2, 0) is 4.74 Å². The molecule has 0 saturated carbocycles. The van der Waals surface area contributed by atoms with Gasteiger partial charge >= 0.3 is 0 Å². The van der Waals surface area contributed by atoms with Crippen LogP contribution in [0.1, 0.15) is 12.8 Å². The van der Waals surface area contributed by atoms with Crippen molar-refractivity contribution in [3.8, 4) is 0 Å². The lowest BCUT2D eigenvalue weighted by atomic mass is 10.2. The first-order valence-electron chi connectivity index (χ1n) is 4.97. The Labute approximate surface area is 80.8 Å². The minimum atomic E-state index is 0.278. The number of hydrogen-bond acceptors (Lipinski definition) is 3. The first kappa shape index (κ1) is 10.7. The average molecular weight is 184 g/mol. The van der Waals surface area contributed by atoms with Gasteiger partial charge in [-0.2, -0.15) is 0 Å². The molecule has 3 nitrogen and oxygen atoms in total. The SMILES string of the molecule is C=CCCC(OC)N1CCNCC1. The number of allylic oxidation sites excluding steroid dienone is 1. The van der Waals surface area contributed by atoms with Crippen LogP contribution in [-0.4, -0.2) is 44.4 Å². The number of ether oxygens (including phenoxy) is 1. The van der Waals surface area contributed by atoms with Crippen LogP contribution < -0.4 is 5.32 Å². The highest BCUT2D eigenvalue weighted by Crippen LogP contribution is 2.08. The number of nitrogens with one attached hydrogen (secondary N) is 1. The molecule has 1 aliphatic rings. The predicted octanol–water partition coefficient (Wildman–Crippen LogP) is 0.830. The van der Waals surface area contributed by atoms with Gasteiger partial charge in [0.25, 0.3) is 0 Å². The summed E-state index contributed by atoms with van der Waals surface area (Å²) in [5.74, 6) is 0. The summed E-state index contributed by atoms with van der Waals surface area (Å²) in [4.78, 5) is 2.39. The second-order valence-corrected chi connectivity index (χ2v) is 3.34. The summed E-state index contributed by atoms with van der Waals surface area (Å²) < 4.78 is 5.44. The molecule has 0 radical (unpaired) electrons. The van der Waals surface area contributed by atoms with Gasteiger partial charge in [-0.3, -0.25) is 4.90 Å². The van der Waals surface area contributed by atoms with Crippen LogP contribution in [0.5, 0.6) is 0 Å². The molecular weight excluding hydrogens is 164 g/mol. The molecule has 1 heterocycles. The number of methoxy groups -OCH3 is 1. The summed E-state index contributed by atoms with van der Waals surface area (Å²) in [6.45, 7) is 8.07. The second-order valence-electron chi connectivity index (χ2n) is 3.34. The van der Waals surface area contributed by atoms with E-state index in [1.165, 1.54) is 0 Å². The largest absolute Gasteiger partial charge is 0.366 e. The first-order valence-corrected chi connectivity index (χ1v) is 4.97.